The predicted octanol–water partition coefficient (Wildman–Crippen LogP) is 1.30. The van der Waals surface area contributed by atoms with Crippen LogP contribution < -0.4 is 5.32 Å². The highest BCUT2D eigenvalue weighted by Gasteiger charge is 2.25. The molecule has 0 aromatic heterocycles. The smallest absolute Gasteiger partial charge is 0.317 e. The Morgan fingerprint density at radius 1 is 1.71 bits per heavy atom. The summed E-state index contributed by atoms with van der Waals surface area (Å²) in [5, 5.41) is 2.54. The van der Waals surface area contributed by atoms with Crippen LogP contribution in [0.5, 0.6) is 0 Å². The third-order valence-corrected chi connectivity index (χ3v) is 2.17. The van der Waals surface area contributed by atoms with E-state index in [2.05, 4.69) is 10.1 Å². The normalized spacial score (nSPS) is 20.8. The second-order valence-electron chi connectivity index (χ2n) is 2.70. The van der Waals surface area contributed by atoms with E-state index < -0.39 is 5.38 Å². The predicted molar refractivity (Wildman–Crippen MR) is 55.1 cm³/mol. The lowest BCUT2D eigenvalue weighted by atomic mass is 10.1. The number of alkyl halides is 1. The van der Waals surface area contributed by atoms with E-state index in [-0.39, 0.29) is 0 Å². The van der Waals surface area contributed by atoms with Crippen LogP contribution in [0.4, 0.5) is 0 Å². The molecule has 1 aliphatic rings. The Morgan fingerprint density at radius 3 is 2.93 bits per heavy atom. The van der Waals surface area contributed by atoms with E-state index in [1.807, 2.05) is 6.92 Å². The number of nitrogens with zero attached hydrogens (tertiary/aromatic N) is 2. The van der Waals surface area contributed by atoms with Crippen molar-refractivity contribution in [3.63, 3.8) is 0 Å². The zero-order valence-electron chi connectivity index (χ0n) is 8.12. The largest absolute Gasteiger partial charge is 0.491 e. The van der Waals surface area contributed by atoms with Crippen LogP contribution in [0, 0.1) is 0 Å². The quantitative estimate of drug-likeness (QED) is 0.437. The van der Waals surface area contributed by atoms with Gasteiger partial charge in [0.2, 0.25) is 0 Å². The summed E-state index contributed by atoms with van der Waals surface area (Å²) in [6, 6.07) is 0. The fourth-order valence-electron chi connectivity index (χ4n) is 1.17. The lowest BCUT2D eigenvalue weighted by Crippen LogP contribution is -2.23. The summed E-state index contributed by atoms with van der Waals surface area (Å²) in [5.41, 5.74) is 9.85. The number of rotatable bonds is 3. The first kappa shape index (κ1) is 10.8. The van der Waals surface area contributed by atoms with Gasteiger partial charge in [0, 0.05) is 7.05 Å². The minimum absolute atomic E-state index is 0.383. The zero-order chi connectivity index (χ0) is 10.6. The van der Waals surface area contributed by atoms with Gasteiger partial charge in [0.05, 0.1) is 18.4 Å². The van der Waals surface area contributed by atoms with Crippen molar-refractivity contribution >= 4 is 17.3 Å². The van der Waals surface area contributed by atoms with Gasteiger partial charge in [-0.2, -0.15) is 4.79 Å². The number of hydrogen-bond donors (Lipinski definition) is 1. The van der Waals surface area contributed by atoms with Crippen molar-refractivity contribution in [2.24, 2.45) is 0 Å². The highest BCUT2D eigenvalue weighted by molar-refractivity contribution is 6.34. The van der Waals surface area contributed by atoms with Gasteiger partial charge in [0.25, 0.3) is 0 Å². The van der Waals surface area contributed by atoms with E-state index in [1.165, 1.54) is 0 Å². The molecule has 0 aliphatic heterocycles. The Balaban J connectivity index is 2.99. The van der Waals surface area contributed by atoms with E-state index in [9.17, 15) is 0 Å². The van der Waals surface area contributed by atoms with Gasteiger partial charge in [0.1, 0.15) is 5.76 Å². The Kier molecular flexibility index (Phi) is 3.74. The molecule has 0 heterocycles. The van der Waals surface area contributed by atoms with E-state index in [0.29, 0.717) is 18.1 Å². The maximum absolute atomic E-state index is 8.66. The van der Waals surface area contributed by atoms with Gasteiger partial charge in [-0.3, -0.25) is 0 Å². The van der Waals surface area contributed by atoms with Crippen molar-refractivity contribution in [3.8, 4) is 0 Å². The van der Waals surface area contributed by atoms with Crippen molar-refractivity contribution in [2.75, 3.05) is 13.7 Å². The number of nitrogens with one attached hydrogen (secondary N) is 1. The molecule has 5 heteroatoms. The number of ether oxygens (including phenoxy) is 1. The molecule has 14 heavy (non-hydrogen) atoms. The van der Waals surface area contributed by atoms with Gasteiger partial charge in [-0.1, -0.05) is 0 Å². The van der Waals surface area contributed by atoms with Crippen LogP contribution in [0.25, 0.3) is 5.53 Å². The fourth-order valence-corrected chi connectivity index (χ4v) is 1.40. The van der Waals surface area contributed by atoms with Crippen LogP contribution in [-0.4, -0.2) is 29.5 Å². The van der Waals surface area contributed by atoms with Gasteiger partial charge in [-0.25, -0.2) is 0 Å². The first-order chi connectivity index (χ1) is 6.72. The summed E-state index contributed by atoms with van der Waals surface area (Å²) in [6.45, 7) is 2.44. The zero-order valence-corrected chi connectivity index (χ0v) is 8.88. The van der Waals surface area contributed by atoms with Crippen LogP contribution in [0.1, 0.15) is 6.92 Å². The summed E-state index contributed by atoms with van der Waals surface area (Å²) in [7, 11) is 1.78. The standard InChI is InChI=1S/C9H12ClN3O/c1-3-14-9-5-7(13-11)6(10)4-8(9)12-2/h4-6,12H,3H2,1-2H3. The molecule has 1 rings (SSSR count). The molecule has 0 amide bonds. The SMILES string of the molecule is CCOC1=CC(=[N+]=[N-])C(Cl)C=C1NC. The molecule has 1 aliphatic carbocycles. The summed E-state index contributed by atoms with van der Waals surface area (Å²) in [4.78, 5) is 3.09. The maximum atomic E-state index is 8.66. The second kappa shape index (κ2) is 4.84. The Labute approximate surface area is 87.8 Å². The number of likely N-dealkylation sites (N-methyl/N-ethyl adjacent to an activating group) is 1. The first-order valence-electron chi connectivity index (χ1n) is 4.33. The fraction of sp³-hybridized carbons (Fsp3) is 0.444. The maximum Gasteiger partial charge on any atom is 0.317 e. The molecule has 0 fully saturated rings. The van der Waals surface area contributed by atoms with Crippen LogP contribution in [0.15, 0.2) is 23.6 Å². The molecule has 0 bridgehead atoms. The van der Waals surface area contributed by atoms with Crippen molar-refractivity contribution in [1.82, 2.24) is 5.32 Å². The molecule has 0 saturated heterocycles. The van der Waals surface area contributed by atoms with Gasteiger partial charge >= 0.3 is 5.71 Å². The van der Waals surface area contributed by atoms with Gasteiger partial charge in [0.15, 0.2) is 5.38 Å². The molecular weight excluding hydrogens is 202 g/mol. The third kappa shape index (κ3) is 2.16. The number of allylic oxidation sites excluding steroid dienone is 2. The first-order valence-corrected chi connectivity index (χ1v) is 4.77. The Morgan fingerprint density at radius 2 is 2.43 bits per heavy atom. The summed E-state index contributed by atoms with van der Waals surface area (Å²) >= 11 is 5.91. The second-order valence-corrected chi connectivity index (χ2v) is 3.17. The van der Waals surface area contributed by atoms with Gasteiger partial charge < -0.3 is 15.6 Å². The molecule has 0 radical (unpaired) electrons. The van der Waals surface area contributed by atoms with Gasteiger partial charge in [-0.05, 0) is 13.0 Å². The summed E-state index contributed by atoms with van der Waals surface area (Å²) in [5.74, 6) is 0.639. The Hall–Kier alpha value is -1.25. The third-order valence-electron chi connectivity index (χ3n) is 1.82. The Bertz CT molecular complexity index is 329. The van der Waals surface area contributed by atoms with Crippen LogP contribution >= 0.6 is 11.6 Å². The molecule has 1 unspecified atom stereocenters. The molecule has 1 atom stereocenters. The van der Waals surface area contributed by atoms with Crippen LogP contribution in [-0.2, 0) is 4.74 Å². The van der Waals surface area contributed by atoms with Crippen molar-refractivity contribution in [1.29, 1.82) is 0 Å². The van der Waals surface area contributed by atoms with Crippen molar-refractivity contribution < 1.29 is 9.53 Å². The minimum Gasteiger partial charge on any atom is -0.491 e. The van der Waals surface area contributed by atoms with E-state index in [0.717, 1.165) is 5.70 Å². The highest BCUT2D eigenvalue weighted by Crippen LogP contribution is 2.18. The minimum atomic E-state index is -0.424. The molecule has 0 aromatic carbocycles. The molecule has 0 aromatic rings. The van der Waals surface area contributed by atoms with E-state index >= 15 is 0 Å². The summed E-state index contributed by atoms with van der Waals surface area (Å²) in [6.07, 6.45) is 3.36. The van der Waals surface area contributed by atoms with E-state index in [4.69, 9.17) is 21.9 Å². The average Bonchev–Trinajstić information content (AvgIpc) is 2.20. The molecule has 0 saturated carbocycles. The van der Waals surface area contributed by atoms with Crippen LogP contribution in [0.3, 0.4) is 0 Å². The molecular formula is C9H12ClN3O. The van der Waals surface area contributed by atoms with Gasteiger partial charge in [-0.15, -0.1) is 11.6 Å². The molecule has 0 spiro atoms. The topological polar surface area (TPSA) is 57.7 Å². The molecule has 76 valence electrons. The highest BCUT2D eigenvalue weighted by atomic mass is 35.5. The lowest BCUT2D eigenvalue weighted by molar-refractivity contribution is -0.00556. The lowest BCUT2D eigenvalue weighted by Gasteiger charge is -2.15. The number of halogens is 1. The average molecular weight is 214 g/mol. The van der Waals surface area contributed by atoms with Crippen molar-refractivity contribution in [2.45, 2.75) is 12.3 Å². The monoisotopic (exact) mass is 213 g/mol. The van der Waals surface area contributed by atoms with E-state index in [1.54, 1.807) is 19.2 Å². The van der Waals surface area contributed by atoms with Crippen molar-refractivity contribution in [3.05, 3.63) is 29.1 Å². The summed E-state index contributed by atoms with van der Waals surface area (Å²) < 4.78 is 5.35. The number of hydrogen-bond acceptors (Lipinski definition) is 2. The molecule has 1 N–H and O–H groups in total. The molecule has 4 nitrogen and oxygen atoms in total. The van der Waals surface area contributed by atoms with Crippen LogP contribution in [0.2, 0.25) is 0 Å².